The molecule has 2 aromatic rings. The molecule has 0 unspecified atom stereocenters. The molecule has 22 heavy (non-hydrogen) atoms. The fourth-order valence-corrected chi connectivity index (χ4v) is 3.05. The molecule has 4 nitrogen and oxygen atoms in total. The Morgan fingerprint density at radius 2 is 2.00 bits per heavy atom. The molecule has 116 valence electrons. The number of aryl methyl sites for hydroxylation is 1. The lowest BCUT2D eigenvalue weighted by Gasteiger charge is -2.16. The van der Waals surface area contributed by atoms with E-state index >= 15 is 0 Å². The van der Waals surface area contributed by atoms with Gasteiger partial charge in [-0.2, -0.15) is 18.4 Å². The van der Waals surface area contributed by atoms with Crippen LogP contribution in [0.1, 0.15) is 16.7 Å². The van der Waals surface area contributed by atoms with Crippen molar-refractivity contribution in [1.29, 1.82) is 5.26 Å². The van der Waals surface area contributed by atoms with E-state index in [0.29, 0.717) is 3.57 Å². The Balaban J connectivity index is 2.92. The van der Waals surface area contributed by atoms with Crippen molar-refractivity contribution < 1.29 is 22.3 Å². The highest BCUT2D eigenvalue weighted by atomic mass is 127. The lowest BCUT2D eigenvalue weighted by atomic mass is 10.0. The van der Waals surface area contributed by atoms with Crippen LogP contribution in [0.5, 0.6) is 5.75 Å². The molecule has 0 fully saturated rings. The summed E-state index contributed by atoms with van der Waals surface area (Å²) in [6.07, 6.45) is -4.68. The third-order valence-corrected chi connectivity index (χ3v) is 3.92. The number of fused-ring (bicyclic) bond motifs is 1. The van der Waals surface area contributed by atoms with E-state index in [0.717, 1.165) is 6.92 Å². The summed E-state index contributed by atoms with van der Waals surface area (Å²) >= 11 is 1.82. The van der Waals surface area contributed by atoms with E-state index in [1.807, 2.05) is 22.6 Å². The number of rotatable bonds is 2. The average Bonchev–Trinajstić information content (AvgIpc) is 2.40. The molecule has 0 saturated heterocycles. The molecule has 0 aliphatic rings. The predicted octanol–water partition coefficient (Wildman–Crippen LogP) is 3.94. The zero-order valence-electron chi connectivity index (χ0n) is 11.5. The number of halogens is 4. The Labute approximate surface area is 136 Å². The van der Waals surface area contributed by atoms with Gasteiger partial charge in [0.05, 0.1) is 9.13 Å². The molecule has 1 aromatic heterocycles. The molecule has 0 aliphatic heterocycles. The van der Waals surface area contributed by atoms with Crippen LogP contribution in [0.2, 0.25) is 0 Å². The van der Waals surface area contributed by atoms with Crippen LogP contribution < -0.4 is 10.4 Å². The fraction of sp³-hybridized carbons (Fsp3) is 0.286. The largest absolute Gasteiger partial charge is 0.477 e. The number of hydrogen-bond acceptors (Lipinski definition) is 4. The van der Waals surface area contributed by atoms with Crippen LogP contribution in [-0.2, 0) is 6.18 Å². The van der Waals surface area contributed by atoms with E-state index in [1.165, 1.54) is 13.0 Å². The molecule has 8 heteroatoms. The van der Waals surface area contributed by atoms with Crippen molar-refractivity contribution in [2.45, 2.75) is 20.0 Å². The molecule has 1 heterocycles. The lowest BCUT2D eigenvalue weighted by molar-refractivity contribution is -0.137. The zero-order valence-corrected chi connectivity index (χ0v) is 13.6. The van der Waals surface area contributed by atoms with Crippen LogP contribution in [0, 0.1) is 28.7 Å². The van der Waals surface area contributed by atoms with Crippen molar-refractivity contribution in [2.75, 3.05) is 6.61 Å². The van der Waals surface area contributed by atoms with Crippen LogP contribution in [0.3, 0.4) is 0 Å². The van der Waals surface area contributed by atoms with Crippen molar-refractivity contribution >= 4 is 33.6 Å². The first-order valence-corrected chi connectivity index (χ1v) is 7.09. The van der Waals surface area contributed by atoms with Gasteiger partial charge < -0.3 is 9.15 Å². The molecule has 0 saturated carbocycles. The first-order valence-electron chi connectivity index (χ1n) is 6.02. The minimum absolute atomic E-state index is 0.184. The Hall–Kier alpha value is -1.76. The van der Waals surface area contributed by atoms with Gasteiger partial charge in [-0.3, -0.25) is 0 Å². The second kappa shape index (κ2) is 5.79. The van der Waals surface area contributed by atoms with Crippen LogP contribution in [-0.4, -0.2) is 6.61 Å². The van der Waals surface area contributed by atoms with Gasteiger partial charge in [0.2, 0.25) is 0 Å². The molecule has 0 amide bonds. The van der Waals surface area contributed by atoms with E-state index in [9.17, 15) is 18.0 Å². The summed E-state index contributed by atoms with van der Waals surface area (Å²) in [4.78, 5) is 11.7. The number of benzene rings is 1. The molecule has 0 N–H and O–H groups in total. The predicted molar refractivity (Wildman–Crippen MR) is 80.8 cm³/mol. The molecule has 1 aromatic carbocycles. The van der Waals surface area contributed by atoms with Crippen molar-refractivity contribution in [1.82, 2.24) is 0 Å². The second-order valence-electron chi connectivity index (χ2n) is 4.52. The van der Waals surface area contributed by atoms with Crippen molar-refractivity contribution in [3.63, 3.8) is 0 Å². The SMILES string of the molecule is Cc1c(C(F)(F)F)c2cc(I)c(OCC#N)c(C)c2oc1=O. The molecule has 0 atom stereocenters. The first-order chi connectivity index (χ1) is 10.2. The third-order valence-electron chi connectivity index (χ3n) is 3.12. The van der Waals surface area contributed by atoms with Crippen LogP contribution in [0.15, 0.2) is 15.3 Å². The second-order valence-corrected chi connectivity index (χ2v) is 5.69. The van der Waals surface area contributed by atoms with E-state index in [1.54, 1.807) is 6.07 Å². The van der Waals surface area contributed by atoms with Crippen molar-refractivity contribution in [2.24, 2.45) is 0 Å². The summed E-state index contributed by atoms with van der Waals surface area (Å²) in [5.41, 5.74) is -2.47. The maximum atomic E-state index is 13.3. The van der Waals surface area contributed by atoms with Gasteiger partial charge in [-0.15, -0.1) is 0 Å². The van der Waals surface area contributed by atoms with Crippen LogP contribution >= 0.6 is 22.6 Å². The standard InChI is InChI=1S/C14H9F3INO3/c1-6-10(14(15,16)17)8-5-9(18)12(21-4-3-19)7(2)11(8)22-13(6)20/h5H,4H2,1-2H3. The molecular weight excluding hydrogens is 414 g/mol. The smallest absolute Gasteiger partial charge is 0.417 e. The molecule has 0 bridgehead atoms. The molecule has 2 rings (SSSR count). The minimum atomic E-state index is -4.68. The lowest BCUT2D eigenvalue weighted by Crippen LogP contribution is -2.16. The number of ether oxygens (including phenoxy) is 1. The third kappa shape index (κ3) is 2.77. The Kier molecular flexibility index (Phi) is 4.37. The van der Waals surface area contributed by atoms with E-state index in [-0.39, 0.29) is 28.9 Å². The van der Waals surface area contributed by atoms with Gasteiger partial charge in [0.15, 0.2) is 6.61 Å². The quantitative estimate of drug-likeness (QED) is 0.543. The number of alkyl halides is 3. The molecule has 0 aliphatic carbocycles. The van der Waals surface area contributed by atoms with Crippen molar-refractivity contribution in [3.05, 3.63) is 36.7 Å². The van der Waals surface area contributed by atoms with E-state index in [2.05, 4.69) is 0 Å². The summed E-state index contributed by atoms with van der Waals surface area (Å²) in [5, 5.41) is 8.36. The topological polar surface area (TPSA) is 63.2 Å². The highest BCUT2D eigenvalue weighted by molar-refractivity contribution is 14.1. The van der Waals surface area contributed by atoms with Crippen LogP contribution in [0.25, 0.3) is 11.0 Å². The van der Waals surface area contributed by atoms with Gasteiger partial charge in [-0.05, 0) is 42.5 Å². The van der Waals surface area contributed by atoms with Gasteiger partial charge in [-0.25, -0.2) is 4.79 Å². The maximum absolute atomic E-state index is 13.3. The highest BCUT2D eigenvalue weighted by Crippen LogP contribution is 2.40. The number of nitriles is 1. The Morgan fingerprint density at radius 1 is 1.36 bits per heavy atom. The average molecular weight is 423 g/mol. The first kappa shape index (κ1) is 16.6. The highest BCUT2D eigenvalue weighted by Gasteiger charge is 2.37. The summed E-state index contributed by atoms with van der Waals surface area (Å²) in [6.45, 7) is 2.30. The molecule has 0 radical (unpaired) electrons. The van der Waals surface area contributed by atoms with Gasteiger partial charge in [0.1, 0.15) is 17.4 Å². The summed E-state index contributed by atoms with van der Waals surface area (Å²) in [5.74, 6) is 0.231. The summed E-state index contributed by atoms with van der Waals surface area (Å²) in [6, 6.07) is 3.02. The maximum Gasteiger partial charge on any atom is 0.417 e. The Morgan fingerprint density at radius 3 is 2.55 bits per heavy atom. The van der Waals surface area contributed by atoms with Crippen LogP contribution in [0.4, 0.5) is 13.2 Å². The normalized spacial score (nSPS) is 11.5. The summed E-state index contributed by atoms with van der Waals surface area (Å²) < 4.78 is 50.4. The van der Waals surface area contributed by atoms with Crippen molar-refractivity contribution in [3.8, 4) is 11.8 Å². The number of nitrogens with zero attached hydrogens (tertiary/aromatic N) is 1. The van der Waals surface area contributed by atoms with Gasteiger partial charge >= 0.3 is 11.8 Å². The number of hydrogen-bond donors (Lipinski definition) is 0. The van der Waals surface area contributed by atoms with Gasteiger partial charge in [-0.1, -0.05) is 0 Å². The van der Waals surface area contributed by atoms with Gasteiger partial charge in [0, 0.05) is 16.5 Å². The summed E-state index contributed by atoms with van der Waals surface area (Å²) in [7, 11) is 0. The van der Waals surface area contributed by atoms with Gasteiger partial charge in [0.25, 0.3) is 0 Å². The molecular formula is C14H9F3INO3. The van der Waals surface area contributed by atoms with E-state index < -0.39 is 22.9 Å². The minimum Gasteiger partial charge on any atom is -0.477 e. The monoisotopic (exact) mass is 423 g/mol. The van der Waals surface area contributed by atoms with E-state index in [4.69, 9.17) is 14.4 Å². The molecule has 0 spiro atoms. The fourth-order valence-electron chi connectivity index (χ4n) is 2.18. The Bertz CT molecular complexity index is 850. The zero-order chi connectivity index (χ0) is 16.7.